The summed E-state index contributed by atoms with van der Waals surface area (Å²) < 4.78 is 21.6. The van der Waals surface area contributed by atoms with E-state index < -0.39 is 18.5 Å². The minimum atomic E-state index is -0.696. The van der Waals surface area contributed by atoms with Gasteiger partial charge in [0, 0.05) is 26.7 Å². The van der Waals surface area contributed by atoms with Crippen molar-refractivity contribution >= 4 is 41.0 Å². The van der Waals surface area contributed by atoms with E-state index in [1.807, 2.05) is 0 Å². The van der Waals surface area contributed by atoms with E-state index >= 15 is 0 Å². The summed E-state index contributed by atoms with van der Waals surface area (Å²) in [5.41, 5.74) is 2.31. The number of hydrogen-bond donors (Lipinski definition) is 1. The van der Waals surface area contributed by atoms with E-state index in [0.717, 1.165) is 0 Å². The maximum Gasteiger partial charge on any atom is 0.310 e. The average Bonchev–Trinajstić information content (AvgIpc) is 3.31. The number of carbonyl (C=O) groups excluding carboxylic acids is 2. The average molecular weight is 565 g/mol. The molecule has 1 aromatic heterocycles. The number of nitrogens with zero attached hydrogens (tertiary/aromatic N) is 1. The van der Waals surface area contributed by atoms with E-state index in [9.17, 15) is 14.9 Å². The number of benzene rings is 3. The Hall–Kier alpha value is -4.45. The van der Waals surface area contributed by atoms with Gasteiger partial charge in [0.25, 0.3) is 5.91 Å². The fourth-order valence-corrected chi connectivity index (χ4v) is 4.34. The zero-order valence-electron chi connectivity index (χ0n) is 20.9. The van der Waals surface area contributed by atoms with E-state index in [1.54, 1.807) is 80.9 Å². The summed E-state index contributed by atoms with van der Waals surface area (Å²) in [7, 11) is 3.11. The smallest absolute Gasteiger partial charge is 0.310 e. The monoisotopic (exact) mass is 564 g/mol. The molecule has 0 aliphatic carbocycles. The molecule has 39 heavy (non-hydrogen) atoms. The topological polar surface area (TPSA) is 111 Å². The van der Waals surface area contributed by atoms with Crippen molar-refractivity contribution in [2.75, 3.05) is 26.1 Å². The Morgan fingerprint density at radius 1 is 0.897 bits per heavy atom. The first kappa shape index (κ1) is 27.6. The van der Waals surface area contributed by atoms with Gasteiger partial charge in [-0.25, -0.2) is 0 Å². The number of halogens is 2. The Balaban J connectivity index is 1.59. The zero-order chi connectivity index (χ0) is 27.9. The first-order valence-corrected chi connectivity index (χ1v) is 12.3. The van der Waals surface area contributed by atoms with Crippen LogP contribution in [-0.4, -0.2) is 32.7 Å². The molecule has 1 amide bonds. The normalized spacial score (nSPS) is 10.4. The molecular weight excluding hydrogens is 543 g/mol. The van der Waals surface area contributed by atoms with Crippen LogP contribution in [0, 0.1) is 11.3 Å². The Morgan fingerprint density at radius 2 is 1.46 bits per heavy atom. The minimum absolute atomic E-state index is 0.0793. The Labute approximate surface area is 234 Å². The van der Waals surface area contributed by atoms with Gasteiger partial charge in [0.05, 0.1) is 20.6 Å². The molecule has 1 N–H and O–H groups in total. The first-order valence-electron chi connectivity index (χ1n) is 11.6. The molecule has 0 bridgehead atoms. The number of furan rings is 1. The van der Waals surface area contributed by atoms with Crippen molar-refractivity contribution in [1.29, 1.82) is 5.26 Å². The SMILES string of the molecule is COc1ccc(-c2oc(NC(=O)COC(=O)Cc3c(Cl)cccc3Cl)c(C#N)c2-c2ccc(OC)cc2)cc1. The predicted molar refractivity (Wildman–Crippen MR) is 147 cm³/mol. The third kappa shape index (κ3) is 6.34. The van der Waals surface area contributed by atoms with Crippen LogP contribution in [0.1, 0.15) is 11.1 Å². The van der Waals surface area contributed by atoms with E-state index in [0.29, 0.717) is 49.6 Å². The number of esters is 1. The van der Waals surface area contributed by atoms with Crippen molar-refractivity contribution in [2.45, 2.75) is 6.42 Å². The van der Waals surface area contributed by atoms with Crippen molar-refractivity contribution in [3.63, 3.8) is 0 Å². The molecule has 8 nitrogen and oxygen atoms in total. The maximum atomic E-state index is 12.7. The van der Waals surface area contributed by atoms with E-state index in [2.05, 4.69) is 11.4 Å². The molecule has 0 spiro atoms. The minimum Gasteiger partial charge on any atom is -0.497 e. The summed E-state index contributed by atoms with van der Waals surface area (Å²) in [4.78, 5) is 25.0. The summed E-state index contributed by atoms with van der Waals surface area (Å²) >= 11 is 12.2. The van der Waals surface area contributed by atoms with Crippen molar-refractivity contribution in [1.82, 2.24) is 0 Å². The van der Waals surface area contributed by atoms with E-state index in [-0.39, 0.29) is 17.9 Å². The van der Waals surface area contributed by atoms with E-state index in [4.69, 9.17) is 41.8 Å². The van der Waals surface area contributed by atoms with Crippen LogP contribution in [0.3, 0.4) is 0 Å². The molecule has 4 aromatic rings. The molecule has 4 rings (SSSR count). The highest BCUT2D eigenvalue weighted by Gasteiger charge is 2.25. The lowest BCUT2D eigenvalue weighted by Gasteiger charge is -2.08. The number of methoxy groups -OCH3 is 2. The largest absolute Gasteiger partial charge is 0.497 e. The van der Waals surface area contributed by atoms with Crippen LogP contribution in [0.25, 0.3) is 22.5 Å². The molecule has 0 unspecified atom stereocenters. The summed E-state index contributed by atoms with van der Waals surface area (Å²) in [5.74, 6) is 0.175. The zero-order valence-corrected chi connectivity index (χ0v) is 22.4. The Kier molecular flexibility index (Phi) is 8.77. The maximum absolute atomic E-state index is 12.7. The molecule has 0 saturated heterocycles. The van der Waals surface area contributed by atoms with Gasteiger partial charge >= 0.3 is 5.97 Å². The highest BCUT2D eigenvalue weighted by atomic mass is 35.5. The molecule has 0 fully saturated rings. The van der Waals surface area contributed by atoms with Crippen molar-refractivity contribution in [3.05, 3.63) is 87.9 Å². The number of nitriles is 1. The van der Waals surface area contributed by atoms with E-state index in [1.165, 1.54) is 0 Å². The second kappa shape index (κ2) is 12.4. The molecule has 0 radical (unpaired) electrons. The Bertz CT molecular complexity index is 1520. The molecule has 0 saturated carbocycles. The van der Waals surface area contributed by atoms with Gasteiger partial charge in [0.2, 0.25) is 5.88 Å². The van der Waals surface area contributed by atoms with Gasteiger partial charge in [-0.3, -0.25) is 14.9 Å². The molecule has 198 valence electrons. The standard InChI is InChI=1S/C29H22Cl2N2O6/c1-36-19-10-6-17(7-11-19)27-22(15-32)29(39-28(27)18-8-12-20(37-2)13-9-18)33-25(34)16-38-26(35)14-21-23(30)4-3-5-24(21)31/h3-13H,14,16H2,1-2H3,(H,33,34). The highest BCUT2D eigenvalue weighted by molar-refractivity contribution is 6.36. The van der Waals surface area contributed by atoms with Crippen LogP contribution in [0.2, 0.25) is 10.0 Å². The van der Waals surface area contributed by atoms with Crippen molar-refractivity contribution in [3.8, 4) is 40.0 Å². The fourth-order valence-electron chi connectivity index (χ4n) is 3.81. The van der Waals surface area contributed by atoms with Gasteiger partial charge in [-0.05, 0) is 54.1 Å². The highest BCUT2D eigenvalue weighted by Crippen LogP contribution is 2.42. The third-order valence-corrected chi connectivity index (χ3v) is 6.46. The van der Waals surface area contributed by atoms with Gasteiger partial charge < -0.3 is 18.6 Å². The molecule has 1 heterocycles. The molecule has 10 heteroatoms. The van der Waals surface area contributed by atoms with Crippen LogP contribution in [0.15, 0.2) is 71.1 Å². The number of rotatable bonds is 9. The first-order chi connectivity index (χ1) is 18.8. The van der Waals surface area contributed by atoms with Crippen LogP contribution in [-0.2, 0) is 20.7 Å². The van der Waals surface area contributed by atoms with Gasteiger partial charge in [0.1, 0.15) is 28.9 Å². The predicted octanol–water partition coefficient (Wildman–Crippen LogP) is 6.53. The van der Waals surface area contributed by atoms with Gasteiger partial charge in [0.15, 0.2) is 6.61 Å². The molecule has 0 atom stereocenters. The lowest BCUT2D eigenvalue weighted by Crippen LogP contribution is -2.22. The van der Waals surface area contributed by atoms with Gasteiger partial charge in [-0.1, -0.05) is 41.4 Å². The second-order valence-electron chi connectivity index (χ2n) is 8.16. The number of hydrogen-bond acceptors (Lipinski definition) is 7. The summed E-state index contributed by atoms with van der Waals surface area (Å²) in [6.07, 6.45) is -0.209. The summed E-state index contributed by atoms with van der Waals surface area (Å²) in [6, 6.07) is 21.1. The summed E-state index contributed by atoms with van der Waals surface area (Å²) in [6.45, 7) is -0.609. The van der Waals surface area contributed by atoms with Crippen LogP contribution in [0.5, 0.6) is 11.5 Å². The molecular formula is C29H22Cl2N2O6. The van der Waals surface area contributed by atoms with Crippen LogP contribution >= 0.6 is 23.2 Å². The van der Waals surface area contributed by atoms with Crippen molar-refractivity contribution < 1.29 is 28.2 Å². The van der Waals surface area contributed by atoms with Crippen molar-refractivity contribution in [2.24, 2.45) is 0 Å². The Morgan fingerprint density at radius 3 is 2.00 bits per heavy atom. The lowest BCUT2D eigenvalue weighted by molar-refractivity contribution is -0.146. The van der Waals surface area contributed by atoms with Crippen LogP contribution in [0.4, 0.5) is 5.88 Å². The quantitative estimate of drug-likeness (QED) is 0.230. The molecule has 0 aliphatic heterocycles. The van der Waals surface area contributed by atoms with Crippen LogP contribution < -0.4 is 14.8 Å². The number of carbonyl (C=O) groups is 2. The fraction of sp³-hybridized carbons (Fsp3) is 0.138. The molecule has 0 aliphatic rings. The second-order valence-corrected chi connectivity index (χ2v) is 8.98. The number of ether oxygens (including phenoxy) is 3. The molecule has 3 aromatic carbocycles. The number of nitrogens with one attached hydrogen (secondary N) is 1. The van der Waals surface area contributed by atoms with Gasteiger partial charge in [-0.15, -0.1) is 0 Å². The van der Waals surface area contributed by atoms with Gasteiger partial charge in [-0.2, -0.15) is 5.26 Å². The third-order valence-electron chi connectivity index (χ3n) is 5.75. The lowest BCUT2D eigenvalue weighted by atomic mass is 9.98. The summed E-state index contributed by atoms with van der Waals surface area (Å²) in [5, 5.41) is 13.2. The number of anilines is 1. The number of amides is 1.